The molecule has 0 spiro atoms. The van der Waals surface area contributed by atoms with Crippen LogP contribution < -0.4 is 10.1 Å². The Hall–Kier alpha value is -1.07. The van der Waals surface area contributed by atoms with E-state index in [1.54, 1.807) is 18.4 Å². The van der Waals surface area contributed by atoms with E-state index in [1.165, 1.54) is 25.7 Å². The maximum atomic E-state index is 5.33. The predicted octanol–water partition coefficient (Wildman–Crippen LogP) is 2.68. The fourth-order valence-corrected chi connectivity index (χ4v) is 2.99. The van der Waals surface area contributed by atoms with Gasteiger partial charge in [-0.25, -0.2) is 0 Å². The summed E-state index contributed by atoms with van der Waals surface area (Å²) in [5.74, 6) is 1.77. The van der Waals surface area contributed by atoms with Crippen LogP contribution in [-0.2, 0) is 6.54 Å². The van der Waals surface area contributed by atoms with Crippen molar-refractivity contribution in [2.45, 2.75) is 32.2 Å². The minimum atomic E-state index is 0.747. The summed E-state index contributed by atoms with van der Waals surface area (Å²) in [6.07, 6.45) is 7.61. The monoisotopic (exact) mass is 265 g/mol. The normalized spacial score (nSPS) is 15.4. The lowest BCUT2D eigenvalue weighted by Gasteiger charge is -2.05. The summed E-state index contributed by atoms with van der Waals surface area (Å²) in [6.45, 7) is 1.91. The molecule has 2 aromatic rings. The number of nitrogens with one attached hydrogen (secondary N) is 1. The van der Waals surface area contributed by atoms with Crippen LogP contribution in [0.15, 0.2) is 11.6 Å². The Morgan fingerprint density at radius 2 is 2.44 bits per heavy atom. The molecule has 3 rings (SSSR count). The highest BCUT2D eigenvalue weighted by Gasteiger charge is 2.20. The van der Waals surface area contributed by atoms with Gasteiger partial charge >= 0.3 is 0 Å². The quantitative estimate of drug-likeness (QED) is 0.782. The minimum Gasteiger partial charge on any atom is -0.480 e. The zero-order valence-corrected chi connectivity index (χ0v) is 11.5. The Morgan fingerprint density at radius 3 is 3.22 bits per heavy atom. The first-order valence-electron chi connectivity index (χ1n) is 6.57. The van der Waals surface area contributed by atoms with E-state index in [4.69, 9.17) is 4.74 Å². The van der Waals surface area contributed by atoms with E-state index in [0.717, 1.165) is 35.5 Å². The molecule has 0 unspecified atom stereocenters. The second-order valence-electron chi connectivity index (χ2n) is 4.89. The Bertz CT molecular complexity index is 515. The number of rotatable bonds is 7. The average molecular weight is 265 g/mol. The van der Waals surface area contributed by atoms with Crippen LogP contribution in [0.4, 0.5) is 0 Å². The fourth-order valence-electron chi connectivity index (χ4n) is 2.27. The molecule has 1 saturated carbocycles. The van der Waals surface area contributed by atoms with Gasteiger partial charge in [0.1, 0.15) is 5.69 Å². The Labute approximate surface area is 111 Å². The van der Waals surface area contributed by atoms with Gasteiger partial charge in [0.15, 0.2) is 4.96 Å². The number of hydrogen-bond acceptors (Lipinski definition) is 4. The number of ether oxygens (including phenoxy) is 1. The Morgan fingerprint density at radius 1 is 1.56 bits per heavy atom. The van der Waals surface area contributed by atoms with Gasteiger partial charge < -0.3 is 10.1 Å². The van der Waals surface area contributed by atoms with Gasteiger partial charge in [0.2, 0.25) is 5.88 Å². The smallest absolute Gasteiger partial charge is 0.237 e. The van der Waals surface area contributed by atoms with Crippen LogP contribution in [0.2, 0.25) is 0 Å². The molecule has 0 bridgehead atoms. The molecular formula is C13H19N3OS. The average Bonchev–Trinajstić information content (AvgIpc) is 2.98. The molecule has 2 heterocycles. The van der Waals surface area contributed by atoms with Crippen molar-refractivity contribution in [3.63, 3.8) is 0 Å². The minimum absolute atomic E-state index is 0.747. The standard InChI is InChI=1S/C13H19N3OS/c1-17-12-11(16-7-8-18-13(16)15-12)9-14-6-2-3-10-4-5-10/h7-8,10,14H,2-6,9H2,1H3. The lowest BCUT2D eigenvalue weighted by molar-refractivity contribution is 0.392. The predicted molar refractivity (Wildman–Crippen MR) is 73.3 cm³/mol. The number of aromatic nitrogens is 2. The molecule has 0 radical (unpaired) electrons. The molecule has 2 aromatic heterocycles. The van der Waals surface area contributed by atoms with Crippen LogP contribution in [0.25, 0.3) is 4.96 Å². The second kappa shape index (κ2) is 5.28. The second-order valence-corrected chi connectivity index (χ2v) is 5.76. The third kappa shape index (κ3) is 2.52. The van der Waals surface area contributed by atoms with Gasteiger partial charge in [0, 0.05) is 18.1 Å². The molecule has 1 aliphatic carbocycles. The largest absolute Gasteiger partial charge is 0.480 e. The van der Waals surface area contributed by atoms with Crippen molar-refractivity contribution in [2.24, 2.45) is 5.92 Å². The van der Waals surface area contributed by atoms with Crippen LogP contribution in [0, 0.1) is 5.92 Å². The number of methoxy groups -OCH3 is 1. The molecule has 1 N–H and O–H groups in total. The van der Waals surface area contributed by atoms with Gasteiger partial charge in [-0.2, -0.15) is 4.98 Å². The molecule has 5 heteroatoms. The van der Waals surface area contributed by atoms with Crippen LogP contribution in [-0.4, -0.2) is 23.0 Å². The summed E-state index contributed by atoms with van der Waals surface area (Å²) in [7, 11) is 1.68. The van der Waals surface area contributed by atoms with Gasteiger partial charge in [-0.05, 0) is 25.3 Å². The molecular weight excluding hydrogens is 246 g/mol. The number of nitrogens with zero attached hydrogens (tertiary/aromatic N) is 2. The molecule has 0 atom stereocenters. The van der Waals surface area contributed by atoms with Crippen molar-refractivity contribution in [1.29, 1.82) is 0 Å². The third-order valence-electron chi connectivity index (χ3n) is 3.47. The highest BCUT2D eigenvalue weighted by Crippen LogP contribution is 2.33. The number of fused-ring (bicyclic) bond motifs is 1. The summed E-state index contributed by atoms with van der Waals surface area (Å²) in [4.78, 5) is 5.45. The SMILES string of the molecule is COc1nc2sccn2c1CNCCCC1CC1. The first-order chi connectivity index (χ1) is 8.88. The molecule has 1 fully saturated rings. The zero-order chi connectivity index (χ0) is 12.4. The fraction of sp³-hybridized carbons (Fsp3) is 0.615. The van der Waals surface area contributed by atoms with Crippen molar-refractivity contribution in [3.8, 4) is 5.88 Å². The molecule has 1 aliphatic rings. The topological polar surface area (TPSA) is 38.6 Å². The van der Waals surface area contributed by atoms with E-state index >= 15 is 0 Å². The summed E-state index contributed by atoms with van der Waals surface area (Å²) < 4.78 is 7.44. The number of imidazole rings is 1. The highest BCUT2D eigenvalue weighted by atomic mass is 32.1. The van der Waals surface area contributed by atoms with E-state index in [2.05, 4.69) is 26.3 Å². The van der Waals surface area contributed by atoms with Crippen molar-refractivity contribution in [1.82, 2.24) is 14.7 Å². The first-order valence-corrected chi connectivity index (χ1v) is 7.45. The summed E-state index contributed by atoms with van der Waals surface area (Å²) in [6, 6.07) is 0. The highest BCUT2D eigenvalue weighted by molar-refractivity contribution is 7.15. The van der Waals surface area contributed by atoms with Gasteiger partial charge in [-0.3, -0.25) is 4.40 Å². The molecule has 0 aliphatic heterocycles. The molecule has 0 aromatic carbocycles. The van der Waals surface area contributed by atoms with E-state index in [-0.39, 0.29) is 0 Å². The molecule has 0 saturated heterocycles. The Balaban J connectivity index is 1.56. The summed E-state index contributed by atoms with van der Waals surface area (Å²) in [5, 5.41) is 5.55. The van der Waals surface area contributed by atoms with Gasteiger partial charge in [-0.1, -0.05) is 12.8 Å². The number of thiazole rings is 1. The van der Waals surface area contributed by atoms with Crippen molar-refractivity contribution >= 4 is 16.3 Å². The molecule has 18 heavy (non-hydrogen) atoms. The maximum absolute atomic E-state index is 5.33. The zero-order valence-electron chi connectivity index (χ0n) is 10.7. The van der Waals surface area contributed by atoms with E-state index in [1.807, 2.05) is 0 Å². The van der Waals surface area contributed by atoms with Crippen molar-refractivity contribution < 1.29 is 4.74 Å². The molecule has 98 valence electrons. The maximum Gasteiger partial charge on any atom is 0.237 e. The summed E-state index contributed by atoms with van der Waals surface area (Å²) in [5.41, 5.74) is 1.13. The van der Waals surface area contributed by atoms with Crippen LogP contribution in [0.5, 0.6) is 5.88 Å². The van der Waals surface area contributed by atoms with Gasteiger partial charge in [0.25, 0.3) is 0 Å². The van der Waals surface area contributed by atoms with Gasteiger partial charge in [-0.15, -0.1) is 11.3 Å². The molecule has 0 amide bonds. The number of hydrogen-bond donors (Lipinski definition) is 1. The van der Waals surface area contributed by atoms with Crippen LogP contribution >= 0.6 is 11.3 Å². The summed E-state index contributed by atoms with van der Waals surface area (Å²) >= 11 is 1.64. The van der Waals surface area contributed by atoms with E-state index < -0.39 is 0 Å². The molecule has 4 nitrogen and oxygen atoms in total. The van der Waals surface area contributed by atoms with Crippen molar-refractivity contribution in [3.05, 3.63) is 17.3 Å². The van der Waals surface area contributed by atoms with Crippen LogP contribution in [0.3, 0.4) is 0 Å². The first kappa shape index (κ1) is 12.0. The van der Waals surface area contributed by atoms with Crippen LogP contribution in [0.1, 0.15) is 31.4 Å². The Kier molecular flexibility index (Phi) is 3.52. The van der Waals surface area contributed by atoms with Crippen molar-refractivity contribution in [2.75, 3.05) is 13.7 Å². The lowest BCUT2D eigenvalue weighted by Crippen LogP contribution is -2.16. The third-order valence-corrected chi connectivity index (χ3v) is 4.23. The van der Waals surface area contributed by atoms with E-state index in [9.17, 15) is 0 Å². The van der Waals surface area contributed by atoms with E-state index in [0.29, 0.717) is 0 Å². The van der Waals surface area contributed by atoms with Gasteiger partial charge in [0.05, 0.1) is 7.11 Å². The lowest BCUT2D eigenvalue weighted by atomic mass is 10.2.